The standard InChI is InChI=1S/C17H15N3/c1-10-3-4-14(18-9-10)17-7-13-6-12-5-11(2)19-15(12)8-16(13)20-17/h3-4,6,8-9H,5,7H2,1-2H3. The SMILES string of the molecule is CC1=Nc2cc3c(cc2C1)CC(c1ccc(C)cn1)=N3. The van der Waals surface area contributed by atoms with Crippen LogP contribution in [0, 0.1) is 6.92 Å². The summed E-state index contributed by atoms with van der Waals surface area (Å²) in [6.07, 6.45) is 3.74. The van der Waals surface area contributed by atoms with Crippen molar-refractivity contribution < 1.29 is 0 Å². The molecule has 98 valence electrons. The minimum atomic E-state index is 0.873. The van der Waals surface area contributed by atoms with Gasteiger partial charge in [-0.15, -0.1) is 0 Å². The highest BCUT2D eigenvalue weighted by molar-refractivity contribution is 6.06. The van der Waals surface area contributed by atoms with Gasteiger partial charge in [0.25, 0.3) is 0 Å². The Bertz CT molecular complexity index is 768. The molecule has 0 fully saturated rings. The van der Waals surface area contributed by atoms with Gasteiger partial charge in [0.05, 0.1) is 22.8 Å². The Balaban J connectivity index is 1.73. The van der Waals surface area contributed by atoms with Crippen LogP contribution in [0.4, 0.5) is 11.4 Å². The highest BCUT2D eigenvalue weighted by Gasteiger charge is 2.21. The number of aliphatic imine (C=N–C) groups is 2. The Morgan fingerprint density at radius 3 is 2.50 bits per heavy atom. The lowest BCUT2D eigenvalue weighted by molar-refractivity contribution is 1.22. The van der Waals surface area contributed by atoms with E-state index in [1.807, 2.05) is 13.1 Å². The molecule has 0 atom stereocenters. The van der Waals surface area contributed by atoms with Gasteiger partial charge in [-0.2, -0.15) is 0 Å². The quantitative estimate of drug-likeness (QED) is 0.771. The third-order valence-electron chi connectivity index (χ3n) is 3.86. The molecule has 0 aliphatic carbocycles. The lowest BCUT2D eigenvalue weighted by atomic mass is 10.0. The van der Waals surface area contributed by atoms with Gasteiger partial charge < -0.3 is 0 Å². The number of benzene rings is 1. The number of fused-ring (bicyclic) bond motifs is 2. The van der Waals surface area contributed by atoms with E-state index in [9.17, 15) is 0 Å². The molecule has 0 saturated heterocycles. The molecule has 2 aliphatic heterocycles. The van der Waals surface area contributed by atoms with Crippen LogP contribution in [0.3, 0.4) is 0 Å². The number of aryl methyl sites for hydroxylation is 1. The van der Waals surface area contributed by atoms with Crippen molar-refractivity contribution in [1.82, 2.24) is 4.98 Å². The smallest absolute Gasteiger partial charge is 0.0848 e. The zero-order chi connectivity index (χ0) is 13.7. The van der Waals surface area contributed by atoms with Crippen LogP contribution in [-0.4, -0.2) is 16.4 Å². The van der Waals surface area contributed by atoms with Crippen LogP contribution >= 0.6 is 0 Å². The highest BCUT2D eigenvalue weighted by Crippen LogP contribution is 2.37. The van der Waals surface area contributed by atoms with E-state index in [-0.39, 0.29) is 0 Å². The Morgan fingerprint density at radius 1 is 0.900 bits per heavy atom. The molecule has 3 heterocycles. The first-order valence-corrected chi connectivity index (χ1v) is 6.89. The minimum absolute atomic E-state index is 0.873. The summed E-state index contributed by atoms with van der Waals surface area (Å²) in [6, 6.07) is 8.51. The summed E-state index contributed by atoms with van der Waals surface area (Å²) >= 11 is 0. The van der Waals surface area contributed by atoms with E-state index in [4.69, 9.17) is 4.99 Å². The first-order valence-electron chi connectivity index (χ1n) is 6.89. The molecule has 2 aliphatic rings. The van der Waals surface area contributed by atoms with Gasteiger partial charge in [-0.25, -0.2) is 0 Å². The number of nitrogens with zero attached hydrogens (tertiary/aromatic N) is 3. The van der Waals surface area contributed by atoms with Crippen LogP contribution in [0.25, 0.3) is 0 Å². The molecular weight excluding hydrogens is 246 g/mol. The molecule has 0 radical (unpaired) electrons. The van der Waals surface area contributed by atoms with Crippen molar-refractivity contribution in [3.8, 4) is 0 Å². The molecule has 0 unspecified atom stereocenters. The van der Waals surface area contributed by atoms with Crippen LogP contribution in [0.15, 0.2) is 40.4 Å². The lowest BCUT2D eigenvalue weighted by Gasteiger charge is -2.01. The van der Waals surface area contributed by atoms with Crippen molar-refractivity contribution in [1.29, 1.82) is 0 Å². The number of rotatable bonds is 1. The molecule has 0 bridgehead atoms. The second-order valence-corrected chi connectivity index (χ2v) is 5.59. The molecular formula is C17H15N3. The van der Waals surface area contributed by atoms with E-state index in [2.05, 4.69) is 41.2 Å². The van der Waals surface area contributed by atoms with Crippen LogP contribution < -0.4 is 0 Å². The summed E-state index contributed by atoms with van der Waals surface area (Å²) in [5, 5.41) is 0. The average molecular weight is 261 g/mol. The van der Waals surface area contributed by atoms with E-state index in [1.54, 1.807) is 0 Å². The summed E-state index contributed by atoms with van der Waals surface area (Å²) in [6.45, 7) is 4.13. The monoisotopic (exact) mass is 261 g/mol. The van der Waals surface area contributed by atoms with Crippen molar-refractivity contribution in [2.24, 2.45) is 9.98 Å². The maximum absolute atomic E-state index is 4.74. The topological polar surface area (TPSA) is 37.6 Å². The summed E-state index contributed by atoms with van der Waals surface area (Å²) < 4.78 is 0. The largest absolute Gasteiger partial charge is 0.257 e. The molecule has 1 aromatic heterocycles. The van der Waals surface area contributed by atoms with E-state index in [1.165, 1.54) is 22.4 Å². The maximum atomic E-state index is 4.74. The molecule has 3 heteroatoms. The van der Waals surface area contributed by atoms with E-state index < -0.39 is 0 Å². The summed E-state index contributed by atoms with van der Waals surface area (Å²) in [4.78, 5) is 13.8. The second-order valence-electron chi connectivity index (χ2n) is 5.59. The predicted octanol–water partition coefficient (Wildman–Crippen LogP) is 3.72. The summed E-state index contributed by atoms with van der Waals surface area (Å²) in [7, 11) is 0. The first kappa shape index (κ1) is 11.5. The summed E-state index contributed by atoms with van der Waals surface area (Å²) in [5.41, 5.74) is 9.17. The minimum Gasteiger partial charge on any atom is -0.257 e. The summed E-state index contributed by atoms with van der Waals surface area (Å²) in [5.74, 6) is 0. The van der Waals surface area contributed by atoms with Gasteiger partial charge in [0, 0.05) is 24.8 Å². The molecule has 0 spiro atoms. The Labute approximate surface area is 118 Å². The van der Waals surface area contributed by atoms with Crippen molar-refractivity contribution in [2.45, 2.75) is 26.7 Å². The van der Waals surface area contributed by atoms with Crippen LogP contribution in [0.2, 0.25) is 0 Å². The van der Waals surface area contributed by atoms with Gasteiger partial charge in [-0.3, -0.25) is 15.0 Å². The molecule has 0 amide bonds. The fourth-order valence-corrected chi connectivity index (χ4v) is 2.84. The Kier molecular flexibility index (Phi) is 2.36. The molecule has 20 heavy (non-hydrogen) atoms. The molecule has 4 rings (SSSR count). The van der Waals surface area contributed by atoms with Gasteiger partial charge in [0.1, 0.15) is 0 Å². The van der Waals surface area contributed by atoms with Gasteiger partial charge in [0.15, 0.2) is 0 Å². The predicted molar refractivity (Wildman–Crippen MR) is 81.8 cm³/mol. The maximum Gasteiger partial charge on any atom is 0.0848 e. The lowest BCUT2D eigenvalue weighted by Crippen LogP contribution is -2.03. The number of aromatic nitrogens is 1. The van der Waals surface area contributed by atoms with Crippen LogP contribution in [-0.2, 0) is 12.8 Å². The fourth-order valence-electron chi connectivity index (χ4n) is 2.84. The normalized spacial score (nSPS) is 15.7. The Morgan fingerprint density at radius 2 is 1.70 bits per heavy atom. The number of hydrogen-bond acceptors (Lipinski definition) is 3. The van der Waals surface area contributed by atoms with Crippen molar-refractivity contribution in [3.63, 3.8) is 0 Å². The van der Waals surface area contributed by atoms with Crippen molar-refractivity contribution >= 4 is 22.8 Å². The second kappa shape index (κ2) is 4.10. The third kappa shape index (κ3) is 1.78. The Hall–Kier alpha value is -2.29. The zero-order valence-corrected chi connectivity index (χ0v) is 11.6. The van der Waals surface area contributed by atoms with Crippen molar-refractivity contribution in [2.75, 3.05) is 0 Å². The van der Waals surface area contributed by atoms with Crippen molar-refractivity contribution in [3.05, 3.63) is 52.8 Å². The van der Waals surface area contributed by atoms with Crippen LogP contribution in [0.5, 0.6) is 0 Å². The molecule has 2 aromatic rings. The average Bonchev–Trinajstić information content (AvgIpc) is 2.97. The van der Waals surface area contributed by atoms with E-state index in [0.717, 1.165) is 35.6 Å². The molecule has 3 nitrogen and oxygen atoms in total. The van der Waals surface area contributed by atoms with Gasteiger partial charge in [0.2, 0.25) is 0 Å². The molecule has 0 N–H and O–H groups in total. The third-order valence-corrected chi connectivity index (χ3v) is 3.86. The van der Waals surface area contributed by atoms with E-state index >= 15 is 0 Å². The fraction of sp³-hybridized carbons (Fsp3) is 0.235. The van der Waals surface area contributed by atoms with Gasteiger partial charge in [-0.05, 0) is 42.7 Å². The van der Waals surface area contributed by atoms with Gasteiger partial charge >= 0.3 is 0 Å². The van der Waals surface area contributed by atoms with Crippen LogP contribution in [0.1, 0.15) is 29.3 Å². The zero-order valence-electron chi connectivity index (χ0n) is 11.6. The molecule has 0 saturated carbocycles. The number of pyridine rings is 1. The van der Waals surface area contributed by atoms with E-state index in [0.29, 0.717) is 0 Å². The highest BCUT2D eigenvalue weighted by atomic mass is 14.8. The first-order chi connectivity index (χ1) is 9.69. The van der Waals surface area contributed by atoms with Gasteiger partial charge in [-0.1, -0.05) is 12.1 Å². The molecule has 1 aromatic carbocycles. The number of hydrogen-bond donors (Lipinski definition) is 0.